The number of fused-ring (bicyclic) bond motifs is 1. The molecule has 3 rings (SSSR count). The number of para-hydroxylation sites is 2. The van der Waals surface area contributed by atoms with Gasteiger partial charge in [-0.3, -0.25) is 5.43 Å². The average Bonchev–Trinajstić information content (AvgIpc) is 2.75. The molecule has 0 aliphatic carbocycles. The van der Waals surface area contributed by atoms with Gasteiger partial charge in [0.25, 0.3) is 0 Å². The van der Waals surface area contributed by atoms with Crippen molar-refractivity contribution >= 4 is 28.6 Å². The number of unbranched alkanes of at least 4 members (excludes halogenated alkanes) is 5. The molecular formula is C24H28N4. The van der Waals surface area contributed by atoms with Gasteiger partial charge in [-0.05, 0) is 37.1 Å². The Labute approximate surface area is 167 Å². The fraction of sp³-hybridized carbons (Fsp3) is 0.292. The third kappa shape index (κ3) is 6.02. The van der Waals surface area contributed by atoms with Gasteiger partial charge in [-0.2, -0.15) is 5.10 Å². The van der Waals surface area contributed by atoms with Gasteiger partial charge in [-0.25, -0.2) is 9.98 Å². The Balaban J connectivity index is 1.73. The summed E-state index contributed by atoms with van der Waals surface area (Å²) in [5, 5.41) is 5.51. The number of hydrogen-bond donors (Lipinski definition) is 1. The molecule has 0 bridgehead atoms. The first kappa shape index (κ1) is 19.7. The molecule has 0 saturated heterocycles. The molecule has 4 nitrogen and oxygen atoms in total. The van der Waals surface area contributed by atoms with E-state index in [4.69, 9.17) is 9.98 Å². The molecule has 1 heterocycles. The number of aliphatic imine (C=N–C) groups is 1. The van der Waals surface area contributed by atoms with Gasteiger partial charge in [-0.15, -0.1) is 0 Å². The summed E-state index contributed by atoms with van der Waals surface area (Å²) in [5.41, 5.74) is 5.71. The SMILES string of the molecule is CCCCCCCC=NNC(=Nc1ccccc1)c1ccc2ccccc2n1. The van der Waals surface area contributed by atoms with E-state index in [2.05, 4.69) is 29.6 Å². The molecule has 0 amide bonds. The number of amidine groups is 1. The quantitative estimate of drug-likeness (QED) is 0.209. The predicted octanol–water partition coefficient (Wildman–Crippen LogP) is 6.25. The van der Waals surface area contributed by atoms with Gasteiger partial charge < -0.3 is 0 Å². The molecule has 0 aliphatic heterocycles. The molecule has 144 valence electrons. The van der Waals surface area contributed by atoms with Crippen molar-refractivity contribution in [3.8, 4) is 0 Å². The van der Waals surface area contributed by atoms with Crippen LogP contribution >= 0.6 is 0 Å². The van der Waals surface area contributed by atoms with Crippen LogP contribution < -0.4 is 5.43 Å². The van der Waals surface area contributed by atoms with E-state index in [0.717, 1.165) is 28.7 Å². The summed E-state index contributed by atoms with van der Waals surface area (Å²) in [6, 6.07) is 22.0. The van der Waals surface area contributed by atoms with Crippen LogP contribution in [0.1, 0.15) is 51.1 Å². The smallest absolute Gasteiger partial charge is 0.172 e. The first-order valence-corrected chi connectivity index (χ1v) is 10.1. The van der Waals surface area contributed by atoms with Crippen LogP contribution in [0.2, 0.25) is 0 Å². The first-order chi connectivity index (χ1) is 13.9. The Morgan fingerprint density at radius 1 is 0.893 bits per heavy atom. The second kappa shape index (κ2) is 11.0. The summed E-state index contributed by atoms with van der Waals surface area (Å²) in [6.07, 6.45) is 9.24. The van der Waals surface area contributed by atoms with Crippen molar-refractivity contribution in [2.24, 2.45) is 10.1 Å². The van der Waals surface area contributed by atoms with Gasteiger partial charge in [-0.1, -0.05) is 75.1 Å². The number of aromatic nitrogens is 1. The zero-order valence-electron chi connectivity index (χ0n) is 16.5. The number of hydrazone groups is 1. The molecule has 1 aromatic heterocycles. The molecule has 0 unspecified atom stereocenters. The highest BCUT2D eigenvalue weighted by Gasteiger charge is 2.06. The molecule has 28 heavy (non-hydrogen) atoms. The lowest BCUT2D eigenvalue weighted by Gasteiger charge is -2.07. The zero-order valence-corrected chi connectivity index (χ0v) is 16.5. The number of hydrogen-bond acceptors (Lipinski definition) is 3. The van der Waals surface area contributed by atoms with E-state index in [9.17, 15) is 0 Å². The molecule has 4 heteroatoms. The van der Waals surface area contributed by atoms with Gasteiger partial charge in [0.05, 0.1) is 11.2 Å². The molecule has 0 fully saturated rings. The lowest BCUT2D eigenvalue weighted by molar-refractivity contribution is 0.644. The maximum Gasteiger partial charge on any atom is 0.172 e. The first-order valence-electron chi connectivity index (χ1n) is 10.1. The van der Waals surface area contributed by atoms with Gasteiger partial charge in [0, 0.05) is 11.6 Å². The van der Waals surface area contributed by atoms with Crippen molar-refractivity contribution in [1.29, 1.82) is 0 Å². The van der Waals surface area contributed by atoms with Crippen LogP contribution in [0.5, 0.6) is 0 Å². The topological polar surface area (TPSA) is 49.6 Å². The molecular weight excluding hydrogens is 344 g/mol. The van der Waals surface area contributed by atoms with E-state index in [1.165, 1.54) is 32.1 Å². The fourth-order valence-electron chi connectivity index (χ4n) is 2.98. The molecule has 0 atom stereocenters. The summed E-state index contributed by atoms with van der Waals surface area (Å²) >= 11 is 0. The summed E-state index contributed by atoms with van der Waals surface area (Å²) in [4.78, 5) is 9.48. The van der Waals surface area contributed by atoms with Crippen LogP contribution in [0.25, 0.3) is 10.9 Å². The Morgan fingerprint density at radius 2 is 1.68 bits per heavy atom. The number of nitrogens with one attached hydrogen (secondary N) is 1. The highest BCUT2D eigenvalue weighted by molar-refractivity contribution is 6.00. The van der Waals surface area contributed by atoms with Crippen molar-refractivity contribution in [1.82, 2.24) is 10.4 Å². The van der Waals surface area contributed by atoms with Crippen molar-refractivity contribution in [2.45, 2.75) is 45.4 Å². The lowest BCUT2D eigenvalue weighted by atomic mass is 10.1. The van der Waals surface area contributed by atoms with Crippen molar-refractivity contribution in [3.05, 3.63) is 72.4 Å². The second-order valence-corrected chi connectivity index (χ2v) is 6.81. The standard InChI is InChI=1S/C24H28N4/c1-2-3-4-5-6-12-19-25-28-24(26-21-14-8-7-9-15-21)23-18-17-20-13-10-11-16-22(20)27-23/h7-11,13-19H,2-6,12H2,1H3,(H,26,28). The number of nitrogens with zero attached hydrogens (tertiary/aromatic N) is 3. The van der Waals surface area contributed by atoms with Crippen LogP contribution in [0, 0.1) is 0 Å². The number of pyridine rings is 1. The van der Waals surface area contributed by atoms with Gasteiger partial charge in [0.15, 0.2) is 5.84 Å². The largest absolute Gasteiger partial charge is 0.260 e. The van der Waals surface area contributed by atoms with Crippen LogP contribution in [-0.2, 0) is 0 Å². The van der Waals surface area contributed by atoms with Gasteiger partial charge >= 0.3 is 0 Å². The monoisotopic (exact) mass is 372 g/mol. The van der Waals surface area contributed by atoms with E-state index < -0.39 is 0 Å². The maximum absolute atomic E-state index is 4.75. The summed E-state index contributed by atoms with van der Waals surface area (Å²) in [5.74, 6) is 0.652. The number of benzene rings is 2. The lowest BCUT2D eigenvalue weighted by Crippen LogP contribution is -2.20. The van der Waals surface area contributed by atoms with E-state index in [1.807, 2.05) is 60.8 Å². The fourth-order valence-corrected chi connectivity index (χ4v) is 2.98. The van der Waals surface area contributed by atoms with E-state index in [1.54, 1.807) is 0 Å². The Bertz CT molecular complexity index is 916. The minimum absolute atomic E-state index is 0.652. The summed E-state index contributed by atoms with van der Waals surface area (Å²) in [6.45, 7) is 2.24. The Kier molecular flexibility index (Phi) is 7.74. The van der Waals surface area contributed by atoms with Crippen molar-refractivity contribution in [3.63, 3.8) is 0 Å². The van der Waals surface area contributed by atoms with Crippen molar-refractivity contribution in [2.75, 3.05) is 0 Å². The molecule has 0 spiro atoms. The Morgan fingerprint density at radius 3 is 2.54 bits per heavy atom. The molecule has 0 saturated carbocycles. The van der Waals surface area contributed by atoms with Gasteiger partial charge in [0.2, 0.25) is 0 Å². The minimum Gasteiger partial charge on any atom is -0.260 e. The van der Waals surface area contributed by atoms with Crippen LogP contribution in [0.4, 0.5) is 5.69 Å². The molecule has 3 aromatic rings. The Hall–Kier alpha value is -3.01. The van der Waals surface area contributed by atoms with E-state index >= 15 is 0 Å². The third-order valence-corrected chi connectivity index (χ3v) is 4.54. The van der Waals surface area contributed by atoms with Gasteiger partial charge in [0.1, 0.15) is 5.69 Å². The maximum atomic E-state index is 4.75. The average molecular weight is 373 g/mol. The highest BCUT2D eigenvalue weighted by atomic mass is 15.3. The molecule has 0 aliphatic rings. The minimum atomic E-state index is 0.652. The molecule has 1 N–H and O–H groups in total. The van der Waals surface area contributed by atoms with Crippen LogP contribution in [0.15, 0.2) is 76.8 Å². The van der Waals surface area contributed by atoms with Crippen LogP contribution in [-0.4, -0.2) is 17.0 Å². The molecule has 2 aromatic carbocycles. The van der Waals surface area contributed by atoms with Crippen molar-refractivity contribution < 1.29 is 0 Å². The van der Waals surface area contributed by atoms with E-state index in [-0.39, 0.29) is 0 Å². The summed E-state index contributed by atoms with van der Waals surface area (Å²) in [7, 11) is 0. The predicted molar refractivity (Wildman–Crippen MR) is 119 cm³/mol. The van der Waals surface area contributed by atoms with E-state index in [0.29, 0.717) is 5.84 Å². The third-order valence-electron chi connectivity index (χ3n) is 4.54. The highest BCUT2D eigenvalue weighted by Crippen LogP contribution is 2.15. The zero-order chi connectivity index (χ0) is 19.4. The summed E-state index contributed by atoms with van der Waals surface area (Å²) < 4.78 is 0. The molecule has 0 radical (unpaired) electrons. The number of rotatable bonds is 9. The normalized spacial score (nSPS) is 12.0. The van der Waals surface area contributed by atoms with Crippen LogP contribution in [0.3, 0.4) is 0 Å². The second-order valence-electron chi connectivity index (χ2n) is 6.81.